The van der Waals surface area contributed by atoms with E-state index < -0.39 is 24.4 Å². The van der Waals surface area contributed by atoms with Gasteiger partial charge in [0.25, 0.3) is 5.91 Å². The molecule has 0 saturated carbocycles. The number of carboxylic acids is 1. The van der Waals surface area contributed by atoms with E-state index >= 15 is 0 Å². The molecule has 1 saturated heterocycles. The molecule has 130 valence electrons. The number of thioether (sulfide) groups is 1. The summed E-state index contributed by atoms with van der Waals surface area (Å²) >= 11 is 6.96. The van der Waals surface area contributed by atoms with Crippen LogP contribution in [0.1, 0.15) is 12.6 Å². The van der Waals surface area contributed by atoms with Crippen LogP contribution in [0.25, 0.3) is 5.57 Å². The van der Waals surface area contributed by atoms with E-state index in [1.807, 2.05) is 0 Å². The van der Waals surface area contributed by atoms with Gasteiger partial charge in [0.05, 0.1) is 17.2 Å². The van der Waals surface area contributed by atoms with Crippen molar-refractivity contribution < 1.29 is 29.7 Å². The molecular weight excluding hydrogens is 378 g/mol. The number of hydrogen-bond donors (Lipinski definition) is 2. The molecule has 1 aromatic heterocycles. The number of nitrogen functional groups attached to an aromatic ring is 1. The summed E-state index contributed by atoms with van der Waals surface area (Å²) in [7, 11) is 0. The maximum absolute atomic E-state index is 12.4. The van der Waals surface area contributed by atoms with Crippen molar-refractivity contribution in [3.05, 3.63) is 16.0 Å². The first-order valence-electron chi connectivity index (χ1n) is 6.23. The smallest absolute Gasteiger partial charge is 0.341 e. The Morgan fingerprint density at radius 3 is 2.67 bits per heavy atom. The van der Waals surface area contributed by atoms with E-state index in [4.69, 9.17) is 27.8 Å². The summed E-state index contributed by atoms with van der Waals surface area (Å²) in [6, 6.07) is 0. The van der Waals surface area contributed by atoms with Crippen LogP contribution in [0, 0.1) is 0 Å². The van der Waals surface area contributed by atoms with Gasteiger partial charge in [0, 0.05) is 5.38 Å². The molecule has 0 bridgehead atoms. The lowest BCUT2D eigenvalue weighted by molar-refractivity contribution is -0.140. The summed E-state index contributed by atoms with van der Waals surface area (Å²) in [4.78, 5) is 40.4. The number of nitrogens with zero attached hydrogens (tertiary/aromatic N) is 2. The van der Waals surface area contributed by atoms with Gasteiger partial charge in [-0.15, -0.1) is 11.3 Å². The molecule has 12 heteroatoms. The summed E-state index contributed by atoms with van der Waals surface area (Å²) in [6.07, 6.45) is 0. The highest BCUT2D eigenvalue weighted by Crippen LogP contribution is 2.37. The van der Waals surface area contributed by atoms with Crippen LogP contribution in [0.15, 0.2) is 10.3 Å². The number of carbonyl (C=O) groups excluding carboxylic acids is 2. The molecule has 0 unspecified atom stereocenters. The highest BCUT2D eigenvalue weighted by atomic mass is 32.2. The maximum Gasteiger partial charge on any atom is 0.341 e. The van der Waals surface area contributed by atoms with Crippen molar-refractivity contribution in [3.8, 4) is 0 Å². The number of thiocarbonyl (C=S) groups is 1. The average Bonchev–Trinajstić information content (AvgIpc) is 2.99. The quantitative estimate of drug-likeness (QED) is 0.404. The molecule has 9 nitrogen and oxygen atoms in total. The van der Waals surface area contributed by atoms with Crippen molar-refractivity contribution in [1.82, 2.24) is 9.88 Å². The van der Waals surface area contributed by atoms with Crippen LogP contribution in [0.3, 0.4) is 0 Å². The van der Waals surface area contributed by atoms with Gasteiger partial charge in [0.15, 0.2) is 5.13 Å². The van der Waals surface area contributed by atoms with Crippen molar-refractivity contribution >= 4 is 68.2 Å². The number of rotatable bonds is 5. The first kappa shape index (κ1) is 20.0. The van der Waals surface area contributed by atoms with E-state index in [0.717, 1.165) is 28.0 Å². The van der Waals surface area contributed by atoms with Gasteiger partial charge in [-0.05, 0) is 6.92 Å². The molecule has 2 rings (SSSR count). The lowest BCUT2D eigenvalue weighted by Gasteiger charge is -2.11. The molecule has 5 N–H and O–H groups in total. The number of anilines is 1. The predicted molar refractivity (Wildman–Crippen MR) is 93.2 cm³/mol. The zero-order valence-corrected chi connectivity index (χ0v) is 14.7. The molecule has 1 fully saturated rings. The van der Waals surface area contributed by atoms with Gasteiger partial charge < -0.3 is 21.1 Å². The third-order valence-corrected chi connectivity index (χ3v) is 4.75. The van der Waals surface area contributed by atoms with E-state index in [1.165, 1.54) is 5.38 Å². The van der Waals surface area contributed by atoms with Gasteiger partial charge in [0.1, 0.15) is 16.4 Å². The summed E-state index contributed by atoms with van der Waals surface area (Å²) in [5, 5.41) is 10.6. The molecule has 1 aromatic rings. The zero-order valence-electron chi connectivity index (χ0n) is 12.3. The van der Waals surface area contributed by atoms with Crippen LogP contribution in [0.4, 0.5) is 5.13 Å². The minimum Gasteiger partial charge on any atom is -0.480 e. The maximum atomic E-state index is 12.4. The fourth-order valence-electron chi connectivity index (χ4n) is 1.74. The lowest BCUT2D eigenvalue weighted by Crippen LogP contribution is -2.33. The Morgan fingerprint density at radius 2 is 2.17 bits per heavy atom. The first-order chi connectivity index (χ1) is 10.8. The summed E-state index contributed by atoms with van der Waals surface area (Å²) in [5.74, 6) is -2.62. The van der Waals surface area contributed by atoms with Crippen molar-refractivity contribution in [2.75, 3.05) is 18.9 Å². The van der Waals surface area contributed by atoms with Gasteiger partial charge >= 0.3 is 11.9 Å². The van der Waals surface area contributed by atoms with Gasteiger partial charge in [-0.1, -0.05) is 24.0 Å². The molecule has 0 aromatic carbocycles. The molecule has 0 atom stereocenters. The molecule has 2 heterocycles. The number of ether oxygens (including phenoxy) is 1. The molecule has 0 aliphatic carbocycles. The number of nitrogens with two attached hydrogens (primary N) is 1. The molecule has 1 amide bonds. The Morgan fingerprint density at radius 1 is 1.50 bits per heavy atom. The van der Waals surface area contributed by atoms with Gasteiger partial charge in [0.2, 0.25) is 0 Å². The SMILES string of the molecule is CCOC(=O)/C(=C1/SC(=S)N(CC(=O)O)C1=O)c1csc(N)n1.O. The number of carboxylic acid groups (broad SMARTS) is 1. The minimum absolute atomic E-state index is 0. The molecule has 1 aliphatic heterocycles. The van der Waals surface area contributed by atoms with Crippen molar-refractivity contribution in [1.29, 1.82) is 0 Å². The highest BCUT2D eigenvalue weighted by Gasteiger charge is 2.38. The fourth-order valence-corrected chi connectivity index (χ4v) is 3.61. The Balaban J connectivity index is 0.00000288. The number of thiazole rings is 1. The standard InChI is InChI=1S/C12H11N3O5S3.H2O/c1-2-20-10(19)7(5-4-22-11(13)14-5)8-9(18)15(3-6(16)17)12(21)23-8;/h4H,2-3H2,1H3,(H2,13,14)(H,16,17);1H2/b8-7+;. The van der Waals surface area contributed by atoms with E-state index in [9.17, 15) is 14.4 Å². The molecule has 24 heavy (non-hydrogen) atoms. The molecular formula is C12H13N3O6S3. The molecule has 1 aliphatic rings. The topological polar surface area (TPSA) is 154 Å². The van der Waals surface area contributed by atoms with Crippen molar-refractivity contribution in [3.63, 3.8) is 0 Å². The van der Waals surface area contributed by atoms with Gasteiger partial charge in [-0.3, -0.25) is 14.5 Å². The number of amides is 1. The van der Waals surface area contributed by atoms with Crippen LogP contribution < -0.4 is 5.73 Å². The number of aliphatic carboxylic acids is 1. The number of carbonyl (C=O) groups is 3. The van der Waals surface area contributed by atoms with Gasteiger partial charge in [-0.25, -0.2) is 9.78 Å². The number of hydrogen-bond acceptors (Lipinski definition) is 9. The van der Waals surface area contributed by atoms with Crippen molar-refractivity contribution in [2.45, 2.75) is 6.92 Å². The van der Waals surface area contributed by atoms with E-state index in [-0.39, 0.29) is 37.7 Å². The van der Waals surface area contributed by atoms with E-state index in [0.29, 0.717) is 0 Å². The summed E-state index contributed by atoms with van der Waals surface area (Å²) < 4.78 is 5.02. The van der Waals surface area contributed by atoms with Crippen LogP contribution >= 0.6 is 35.3 Å². The Bertz CT molecular complexity index is 729. The monoisotopic (exact) mass is 391 g/mol. The Kier molecular flexibility index (Phi) is 6.83. The Hall–Kier alpha value is -2.02. The van der Waals surface area contributed by atoms with E-state index in [1.54, 1.807) is 6.92 Å². The molecule has 0 radical (unpaired) electrons. The zero-order chi connectivity index (χ0) is 17.1. The van der Waals surface area contributed by atoms with Crippen LogP contribution in [-0.4, -0.2) is 55.8 Å². The fraction of sp³-hybridized carbons (Fsp3) is 0.250. The van der Waals surface area contributed by atoms with Crippen LogP contribution in [-0.2, 0) is 19.1 Å². The number of aromatic nitrogens is 1. The van der Waals surface area contributed by atoms with Crippen LogP contribution in [0.2, 0.25) is 0 Å². The third kappa shape index (κ3) is 4.08. The Labute approximate surface area is 149 Å². The highest BCUT2D eigenvalue weighted by molar-refractivity contribution is 8.26. The molecule has 0 spiro atoms. The lowest BCUT2D eigenvalue weighted by atomic mass is 10.2. The second kappa shape index (κ2) is 8.19. The van der Waals surface area contributed by atoms with E-state index in [2.05, 4.69) is 4.98 Å². The minimum atomic E-state index is -1.21. The first-order valence-corrected chi connectivity index (χ1v) is 8.33. The normalized spacial score (nSPS) is 16.0. The van der Waals surface area contributed by atoms with Gasteiger partial charge in [-0.2, -0.15) is 0 Å². The van der Waals surface area contributed by atoms with Crippen LogP contribution in [0.5, 0.6) is 0 Å². The largest absolute Gasteiger partial charge is 0.480 e. The third-order valence-electron chi connectivity index (χ3n) is 2.63. The predicted octanol–water partition coefficient (Wildman–Crippen LogP) is 0.120. The summed E-state index contributed by atoms with van der Waals surface area (Å²) in [5.41, 5.74) is 5.70. The number of esters is 1. The average molecular weight is 391 g/mol. The van der Waals surface area contributed by atoms with Crippen molar-refractivity contribution in [2.24, 2.45) is 0 Å². The summed E-state index contributed by atoms with van der Waals surface area (Å²) in [6.45, 7) is 1.15. The second-order valence-corrected chi connectivity index (χ2v) is 6.68. The second-order valence-electron chi connectivity index (χ2n) is 4.15.